The summed E-state index contributed by atoms with van der Waals surface area (Å²) in [5.41, 5.74) is 6.30. The Labute approximate surface area is 100 Å². The van der Waals surface area contributed by atoms with Crippen molar-refractivity contribution in [2.45, 2.75) is 57.9 Å². The van der Waals surface area contributed by atoms with E-state index < -0.39 is 0 Å². The van der Waals surface area contributed by atoms with E-state index in [9.17, 15) is 0 Å². The summed E-state index contributed by atoms with van der Waals surface area (Å²) >= 11 is 0. The van der Waals surface area contributed by atoms with E-state index >= 15 is 0 Å². The highest BCUT2D eigenvalue weighted by Crippen LogP contribution is 2.37. The van der Waals surface area contributed by atoms with Crippen LogP contribution in [0.4, 0.5) is 0 Å². The van der Waals surface area contributed by atoms with Gasteiger partial charge in [-0.25, -0.2) is 0 Å². The van der Waals surface area contributed by atoms with Crippen LogP contribution in [0.15, 0.2) is 0 Å². The quantitative estimate of drug-likeness (QED) is 0.753. The van der Waals surface area contributed by atoms with Gasteiger partial charge in [0, 0.05) is 12.1 Å². The summed E-state index contributed by atoms with van der Waals surface area (Å²) in [5, 5.41) is 3.83. The second-order valence-electron chi connectivity index (χ2n) is 6.20. The van der Waals surface area contributed by atoms with E-state index in [-0.39, 0.29) is 5.54 Å². The van der Waals surface area contributed by atoms with Crippen LogP contribution in [0.5, 0.6) is 0 Å². The van der Waals surface area contributed by atoms with Crippen LogP contribution in [0.3, 0.4) is 0 Å². The first kappa shape index (κ1) is 12.4. The van der Waals surface area contributed by atoms with Crippen molar-refractivity contribution in [1.82, 2.24) is 5.32 Å². The lowest BCUT2D eigenvalue weighted by Gasteiger charge is -2.43. The fourth-order valence-corrected chi connectivity index (χ4v) is 3.25. The van der Waals surface area contributed by atoms with Crippen molar-refractivity contribution in [2.24, 2.45) is 23.5 Å². The fraction of sp³-hybridized carbons (Fsp3) is 1.00. The number of rotatable bonds is 5. The van der Waals surface area contributed by atoms with Crippen LogP contribution in [-0.4, -0.2) is 18.6 Å². The molecule has 2 aliphatic carbocycles. The molecule has 0 aromatic heterocycles. The molecule has 0 radical (unpaired) electrons. The molecule has 2 saturated carbocycles. The standard InChI is InChI=1S/C14H28N2/c1-11(13-6-7-13)9-16-14(10-15)8-4-3-5-12(14)2/h11-13,16H,3-10,15H2,1-2H3. The normalized spacial score (nSPS) is 37.3. The zero-order valence-corrected chi connectivity index (χ0v) is 11.0. The van der Waals surface area contributed by atoms with Crippen molar-refractivity contribution in [3.8, 4) is 0 Å². The van der Waals surface area contributed by atoms with Gasteiger partial charge in [0.1, 0.15) is 0 Å². The van der Waals surface area contributed by atoms with Crippen LogP contribution in [0.25, 0.3) is 0 Å². The Morgan fingerprint density at radius 3 is 2.62 bits per heavy atom. The molecule has 3 atom stereocenters. The molecule has 0 aromatic rings. The van der Waals surface area contributed by atoms with Crippen molar-refractivity contribution in [2.75, 3.05) is 13.1 Å². The van der Waals surface area contributed by atoms with Crippen LogP contribution in [-0.2, 0) is 0 Å². The molecule has 0 spiro atoms. The largest absolute Gasteiger partial charge is 0.329 e. The summed E-state index contributed by atoms with van der Waals surface area (Å²) in [5.74, 6) is 2.59. The van der Waals surface area contributed by atoms with Crippen LogP contribution in [0, 0.1) is 17.8 Å². The van der Waals surface area contributed by atoms with E-state index in [4.69, 9.17) is 5.73 Å². The van der Waals surface area contributed by atoms with Gasteiger partial charge in [-0.2, -0.15) is 0 Å². The van der Waals surface area contributed by atoms with Gasteiger partial charge in [0.15, 0.2) is 0 Å². The Morgan fingerprint density at radius 1 is 1.31 bits per heavy atom. The molecule has 0 bridgehead atoms. The first-order valence-electron chi connectivity index (χ1n) is 7.13. The molecule has 0 amide bonds. The molecule has 3 unspecified atom stereocenters. The van der Waals surface area contributed by atoms with Gasteiger partial charge >= 0.3 is 0 Å². The molecule has 0 saturated heterocycles. The van der Waals surface area contributed by atoms with Gasteiger partial charge in [0.25, 0.3) is 0 Å². The molecular formula is C14H28N2. The minimum Gasteiger partial charge on any atom is -0.329 e. The highest BCUT2D eigenvalue weighted by atomic mass is 15.0. The second kappa shape index (κ2) is 5.05. The molecule has 0 aliphatic heterocycles. The van der Waals surface area contributed by atoms with E-state index in [0.29, 0.717) is 0 Å². The third-order valence-electron chi connectivity index (χ3n) is 5.02. The summed E-state index contributed by atoms with van der Waals surface area (Å²) in [6.45, 7) is 6.75. The number of nitrogens with two attached hydrogens (primary N) is 1. The molecule has 2 heteroatoms. The molecule has 94 valence electrons. The van der Waals surface area contributed by atoms with Crippen molar-refractivity contribution in [3.05, 3.63) is 0 Å². The zero-order chi connectivity index (χ0) is 11.6. The maximum Gasteiger partial charge on any atom is 0.0329 e. The van der Waals surface area contributed by atoms with Crippen LogP contribution >= 0.6 is 0 Å². The number of nitrogens with one attached hydrogen (secondary N) is 1. The van der Waals surface area contributed by atoms with Crippen LogP contribution < -0.4 is 11.1 Å². The van der Waals surface area contributed by atoms with Gasteiger partial charge in [-0.15, -0.1) is 0 Å². The predicted molar refractivity (Wildman–Crippen MR) is 69.3 cm³/mol. The molecule has 0 aromatic carbocycles. The Bertz CT molecular complexity index is 225. The Balaban J connectivity index is 1.86. The first-order valence-corrected chi connectivity index (χ1v) is 7.13. The lowest BCUT2D eigenvalue weighted by Crippen LogP contribution is -2.58. The van der Waals surface area contributed by atoms with Gasteiger partial charge in [-0.1, -0.05) is 26.7 Å². The van der Waals surface area contributed by atoms with Gasteiger partial charge < -0.3 is 11.1 Å². The second-order valence-corrected chi connectivity index (χ2v) is 6.20. The summed E-state index contributed by atoms with van der Waals surface area (Å²) in [6.07, 6.45) is 8.28. The molecule has 16 heavy (non-hydrogen) atoms. The summed E-state index contributed by atoms with van der Waals surface area (Å²) < 4.78 is 0. The highest BCUT2D eigenvalue weighted by Gasteiger charge is 2.37. The van der Waals surface area contributed by atoms with Crippen molar-refractivity contribution in [3.63, 3.8) is 0 Å². The van der Waals surface area contributed by atoms with Gasteiger partial charge in [0.2, 0.25) is 0 Å². The zero-order valence-electron chi connectivity index (χ0n) is 11.0. The van der Waals surface area contributed by atoms with Crippen LogP contribution in [0.1, 0.15) is 52.4 Å². The monoisotopic (exact) mass is 224 g/mol. The molecule has 0 heterocycles. The molecular weight excluding hydrogens is 196 g/mol. The van der Waals surface area contributed by atoms with E-state index in [1.54, 1.807) is 0 Å². The Kier molecular flexibility index (Phi) is 3.91. The third-order valence-corrected chi connectivity index (χ3v) is 5.02. The summed E-state index contributed by atoms with van der Waals surface area (Å²) in [6, 6.07) is 0. The highest BCUT2D eigenvalue weighted by molar-refractivity contribution is 4.97. The summed E-state index contributed by atoms with van der Waals surface area (Å²) in [4.78, 5) is 0. The lowest BCUT2D eigenvalue weighted by atomic mass is 9.73. The van der Waals surface area contributed by atoms with E-state index in [2.05, 4.69) is 19.2 Å². The van der Waals surface area contributed by atoms with Gasteiger partial charge in [-0.3, -0.25) is 0 Å². The summed E-state index contributed by atoms with van der Waals surface area (Å²) in [7, 11) is 0. The minimum absolute atomic E-state index is 0.251. The van der Waals surface area contributed by atoms with E-state index in [1.165, 1.54) is 45.1 Å². The third kappa shape index (κ3) is 2.60. The van der Waals surface area contributed by atoms with Crippen molar-refractivity contribution in [1.29, 1.82) is 0 Å². The number of hydrogen-bond acceptors (Lipinski definition) is 2. The molecule has 2 fully saturated rings. The Hall–Kier alpha value is -0.0800. The SMILES string of the molecule is CC(CNC1(CN)CCCCC1C)C1CC1. The molecule has 2 rings (SSSR count). The molecule has 3 N–H and O–H groups in total. The maximum absolute atomic E-state index is 6.04. The number of hydrogen-bond donors (Lipinski definition) is 2. The Morgan fingerprint density at radius 2 is 2.06 bits per heavy atom. The van der Waals surface area contributed by atoms with Gasteiger partial charge in [-0.05, 0) is 50.0 Å². The van der Waals surface area contributed by atoms with E-state index in [0.717, 1.165) is 24.3 Å². The average Bonchev–Trinajstić information content (AvgIpc) is 3.12. The fourth-order valence-electron chi connectivity index (χ4n) is 3.25. The van der Waals surface area contributed by atoms with Gasteiger partial charge in [0.05, 0.1) is 0 Å². The first-order chi connectivity index (χ1) is 7.68. The van der Waals surface area contributed by atoms with E-state index in [1.807, 2.05) is 0 Å². The average molecular weight is 224 g/mol. The van der Waals surface area contributed by atoms with Crippen LogP contribution in [0.2, 0.25) is 0 Å². The van der Waals surface area contributed by atoms with Crippen molar-refractivity contribution >= 4 is 0 Å². The topological polar surface area (TPSA) is 38.0 Å². The smallest absolute Gasteiger partial charge is 0.0329 e. The predicted octanol–water partition coefficient (Wildman–Crippen LogP) is 2.53. The maximum atomic E-state index is 6.04. The lowest BCUT2D eigenvalue weighted by molar-refractivity contribution is 0.153. The van der Waals surface area contributed by atoms with Crippen molar-refractivity contribution < 1.29 is 0 Å². The minimum atomic E-state index is 0.251. The molecule has 2 nitrogen and oxygen atoms in total. The molecule has 2 aliphatic rings.